The number of hydrogen-bond donors (Lipinski definition) is 0. The molecule has 6 heteroatoms. The molecule has 15 aromatic rings. The second kappa shape index (κ2) is 25.9. The fourth-order valence-corrected chi connectivity index (χ4v) is 19.3. The number of nitrogens with zero attached hydrogens (tertiary/aromatic N) is 3. The van der Waals surface area contributed by atoms with Gasteiger partial charge in [0.15, 0.2) is 0 Å². The van der Waals surface area contributed by atoms with Gasteiger partial charge in [-0.3, -0.25) is 0 Å². The van der Waals surface area contributed by atoms with Gasteiger partial charge in [0.1, 0.15) is 11.5 Å². The van der Waals surface area contributed by atoms with Crippen molar-refractivity contribution in [3.8, 4) is 67.1 Å². The summed E-state index contributed by atoms with van der Waals surface area (Å²) in [6.45, 7) is 27.7. The van der Waals surface area contributed by atoms with Crippen molar-refractivity contribution in [3.63, 3.8) is 0 Å². The van der Waals surface area contributed by atoms with Crippen LogP contribution < -0.4 is 52.2 Å². The van der Waals surface area contributed by atoms with E-state index in [1.165, 1.54) is 83.0 Å². The van der Waals surface area contributed by atoms with E-state index in [0.29, 0.717) is 0 Å². The number of fused-ring (bicyclic) bond motifs is 11. The zero-order valence-corrected chi connectivity index (χ0v) is 66.7. The Labute approximate surface area is 667 Å². The first-order valence-corrected chi connectivity index (χ1v) is 40.4. The van der Waals surface area contributed by atoms with Gasteiger partial charge in [0.2, 0.25) is 0 Å². The Morgan fingerprint density at radius 3 is 1.35 bits per heavy atom. The van der Waals surface area contributed by atoms with Crippen molar-refractivity contribution < 1.29 is 4.74 Å². The third-order valence-corrected chi connectivity index (χ3v) is 24.9. The fourth-order valence-electron chi connectivity index (χ4n) is 19.3. The summed E-state index contributed by atoms with van der Waals surface area (Å²) in [6.07, 6.45) is 0. The largest absolute Gasteiger partial charge is 0.458 e. The summed E-state index contributed by atoms with van der Waals surface area (Å²) in [5, 5.41) is 0. The molecule has 0 fully saturated rings. The van der Waals surface area contributed by atoms with Gasteiger partial charge < -0.3 is 19.4 Å². The lowest BCUT2D eigenvalue weighted by atomic mass is 9.30. The third-order valence-electron chi connectivity index (χ3n) is 24.9. The SMILES string of the molecule is CC(C)(C)c1cccc(-c2cc3c4c(c2)N(c2ccccc2-c2ccccc2)c2cc5c(cc2B4c2ccccc2O3)B2c3ccccc3N(c3cc(C(C)(C)C)cc(C(C)(C)C)c3)c3cc(-c4cccc6c4C(c4ccccc4)(c4ccccc4)c4ccccc4-6)cc(c32)N5c2ccc(C(C)(C)C)cc2-c2ccccc2)c1. The molecule has 0 bridgehead atoms. The molecule has 1 aliphatic carbocycles. The fraction of sp³-hybridized carbons (Fsp3) is 0.159. The lowest BCUT2D eigenvalue weighted by Crippen LogP contribution is -2.64. The second-order valence-electron chi connectivity index (χ2n) is 36.0. The molecule has 0 amide bonds. The van der Waals surface area contributed by atoms with Crippen molar-refractivity contribution >= 4 is 97.4 Å². The van der Waals surface area contributed by atoms with Gasteiger partial charge >= 0.3 is 0 Å². The number of para-hydroxylation sites is 3. The number of ether oxygens (including phenoxy) is 1. The van der Waals surface area contributed by atoms with Crippen LogP contribution >= 0.6 is 0 Å². The number of rotatable bonds is 9. The average Bonchev–Trinajstić information content (AvgIpc) is 1.63. The van der Waals surface area contributed by atoms with Crippen molar-refractivity contribution in [1.82, 2.24) is 0 Å². The van der Waals surface area contributed by atoms with Gasteiger partial charge in [0, 0.05) is 50.9 Å². The quantitative estimate of drug-likeness (QED) is 0.134. The molecule has 546 valence electrons. The van der Waals surface area contributed by atoms with Crippen LogP contribution in [0.2, 0.25) is 0 Å². The molecule has 113 heavy (non-hydrogen) atoms. The highest BCUT2D eigenvalue weighted by Crippen LogP contribution is 2.61. The maximum atomic E-state index is 7.46. The zero-order valence-electron chi connectivity index (χ0n) is 66.7. The Bertz CT molecular complexity index is 6280. The van der Waals surface area contributed by atoms with Crippen molar-refractivity contribution in [3.05, 3.63) is 378 Å². The standard InChI is InChI=1S/C107H91B2N3O/c1-103(2,3)75-44-33-39-70(57-75)71-58-97-102-99(61-71)113-98-54-32-29-51-87(98)109(102)89-66-88-93(67-94(89)111(97)90-52-30-26-45-80(90)68-35-17-13-18-36-68)112(91-56-55-76(104(4,5)6)65-84(91)69-37-19-14-20-38-69)96-60-72(59-95-101(96)108(88)86-50-28-31-53-92(86)110(95)79-63-77(105(7,8)9)62-78(64-79)106(10,11)12)81-47-34-48-83-82-46-25-27-49-85(82)107(100(81)83,73-40-21-15-22-41-73)74-42-23-16-24-43-74/h13-67H,1-12H3. The van der Waals surface area contributed by atoms with E-state index in [1.54, 1.807) is 0 Å². The van der Waals surface area contributed by atoms with Gasteiger partial charge in [-0.25, -0.2) is 0 Å². The molecular weight excluding hydrogens is 1360 g/mol. The summed E-state index contributed by atoms with van der Waals surface area (Å²) in [6, 6.07) is 128. The number of anilines is 9. The van der Waals surface area contributed by atoms with E-state index in [1.807, 2.05) is 0 Å². The summed E-state index contributed by atoms with van der Waals surface area (Å²) < 4.78 is 7.46. The smallest absolute Gasteiger partial charge is 0.256 e. The van der Waals surface area contributed by atoms with Gasteiger partial charge in [0.25, 0.3) is 13.4 Å². The predicted molar refractivity (Wildman–Crippen MR) is 480 cm³/mol. The van der Waals surface area contributed by atoms with Crippen LogP contribution in [0.5, 0.6) is 11.5 Å². The van der Waals surface area contributed by atoms with E-state index >= 15 is 0 Å². The molecule has 0 saturated carbocycles. The lowest BCUT2D eigenvalue weighted by Gasteiger charge is -2.47. The van der Waals surface area contributed by atoms with Crippen LogP contribution in [-0.4, -0.2) is 13.4 Å². The van der Waals surface area contributed by atoms with Gasteiger partial charge in [0.05, 0.1) is 16.8 Å². The maximum absolute atomic E-state index is 7.46. The third kappa shape index (κ3) is 11.1. The van der Waals surface area contributed by atoms with Gasteiger partial charge in [-0.05, 0) is 216 Å². The zero-order chi connectivity index (χ0) is 77.2. The van der Waals surface area contributed by atoms with Crippen molar-refractivity contribution in [2.75, 3.05) is 14.7 Å². The molecule has 4 heterocycles. The van der Waals surface area contributed by atoms with Crippen molar-refractivity contribution in [2.24, 2.45) is 0 Å². The van der Waals surface area contributed by atoms with E-state index in [-0.39, 0.29) is 35.1 Å². The molecule has 4 aliphatic heterocycles. The minimum atomic E-state index is -0.710. The summed E-state index contributed by atoms with van der Waals surface area (Å²) in [5.41, 5.74) is 37.8. The van der Waals surface area contributed by atoms with Gasteiger partial charge in [-0.15, -0.1) is 0 Å². The minimum absolute atomic E-state index is 0.0800. The average molecular weight is 1460 g/mol. The molecule has 0 aromatic heterocycles. The minimum Gasteiger partial charge on any atom is -0.458 e. The monoisotopic (exact) mass is 1460 g/mol. The van der Waals surface area contributed by atoms with E-state index in [0.717, 1.165) is 113 Å². The van der Waals surface area contributed by atoms with Crippen LogP contribution in [-0.2, 0) is 27.1 Å². The highest BCUT2D eigenvalue weighted by molar-refractivity contribution is 7.02. The Morgan fingerprint density at radius 2 is 0.717 bits per heavy atom. The van der Waals surface area contributed by atoms with Gasteiger partial charge in [-0.1, -0.05) is 344 Å². The summed E-state index contributed by atoms with van der Waals surface area (Å²) in [4.78, 5) is 8.03. The van der Waals surface area contributed by atoms with Crippen LogP contribution in [0.25, 0.3) is 55.6 Å². The van der Waals surface area contributed by atoms with Gasteiger partial charge in [-0.2, -0.15) is 0 Å². The van der Waals surface area contributed by atoms with Crippen LogP contribution in [0.4, 0.5) is 51.2 Å². The van der Waals surface area contributed by atoms with Crippen LogP contribution in [0.3, 0.4) is 0 Å². The van der Waals surface area contributed by atoms with Crippen LogP contribution in [0.15, 0.2) is 334 Å². The summed E-state index contributed by atoms with van der Waals surface area (Å²) in [7, 11) is 0. The van der Waals surface area contributed by atoms with Crippen molar-refractivity contribution in [1.29, 1.82) is 0 Å². The summed E-state index contributed by atoms with van der Waals surface area (Å²) >= 11 is 0. The molecular formula is C107H91B2N3O. The molecule has 0 spiro atoms. The molecule has 0 atom stereocenters. The van der Waals surface area contributed by atoms with E-state index in [4.69, 9.17) is 4.74 Å². The number of benzene rings is 15. The molecule has 15 aromatic carbocycles. The van der Waals surface area contributed by atoms with E-state index in [2.05, 4.69) is 431 Å². The first kappa shape index (κ1) is 69.8. The normalized spacial score (nSPS) is 14.1. The highest BCUT2D eigenvalue weighted by Gasteiger charge is 2.51. The molecule has 5 aliphatic rings. The topological polar surface area (TPSA) is 19.0 Å². The van der Waals surface area contributed by atoms with Crippen molar-refractivity contribution in [2.45, 2.75) is 110 Å². The Balaban J connectivity index is 0.963. The highest BCUT2D eigenvalue weighted by atomic mass is 16.5. The molecule has 0 saturated heterocycles. The molecule has 0 N–H and O–H groups in total. The lowest BCUT2D eigenvalue weighted by molar-refractivity contribution is 0.487. The molecule has 0 radical (unpaired) electrons. The summed E-state index contributed by atoms with van der Waals surface area (Å²) in [5.74, 6) is 1.74. The van der Waals surface area contributed by atoms with Crippen LogP contribution in [0, 0.1) is 0 Å². The molecule has 20 rings (SSSR count). The van der Waals surface area contributed by atoms with E-state index in [9.17, 15) is 0 Å². The molecule has 0 unspecified atom stereocenters. The van der Waals surface area contributed by atoms with Crippen LogP contribution in [0.1, 0.15) is 128 Å². The first-order chi connectivity index (χ1) is 54.6. The molecule has 4 nitrogen and oxygen atoms in total. The second-order valence-corrected chi connectivity index (χ2v) is 36.0. The number of hydrogen-bond acceptors (Lipinski definition) is 4. The Hall–Kier alpha value is -12.4. The maximum Gasteiger partial charge on any atom is 0.256 e. The van der Waals surface area contributed by atoms with E-state index < -0.39 is 5.41 Å². The first-order valence-electron chi connectivity index (χ1n) is 40.4. The Kier molecular flexibility index (Phi) is 16.0. The predicted octanol–water partition coefficient (Wildman–Crippen LogP) is 24.4. The Morgan fingerprint density at radius 1 is 0.248 bits per heavy atom.